The first-order chi connectivity index (χ1) is 7.61. The normalized spacial score (nSPS) is 19.9. The summed E-state index contributed by atoms with van der Waals surface area (Å²) in [5, 5.41) is 9.17. The van der Waals surface area contributed by atoms with Gasteiger partial charge in [-0.1, -0.05) is 0 Å². The fourth-order valence-electron chi connectivity index (χ4n) is 2.16. The maximum Gasteiger partial charge on any atom is 0.147 e. The highest BCUT2D eigenvalue weighted by Gasteiger charge is 2.23. The Hall–Kier alpha value is -1.60. The SMILES string of the molecule is Cc1cc(C)c(C#N)c(N2CCC(N)C2)n1. The van der Waals surface area contributed by atoms with Crippen LogP contribution < -0.4 is 10.6 Å². The van der Waals surface area contributed by atoms with Gasteiger partial charge in [0.1, 0.15) is 11.9 Å². The number of aromatic nitrogens is 1. The summed E-state index contributed by atoms with van der Waals surface area (Å²) in [5.41, 5.74) is 8.50. The van der Waals surface area contributed by atoms with Crippen LogP contribution in [-0.2, 0) is 0 Å². The highest BCUT2D eigenvalue weighted by molar-refractivity contribution is 5.58. The number of aryl methyl sites for hydroxylation is 2. The van der Waals surface area contributed by atoms with Crippen LogP contribution in [0.5, 0.6) is 0 Å². The Labute approximate surface area is 95.7 Å². The van der Waals surface area contributed by atoms with Gasteiger partial charge < -0.3 is 10.6 Å². The van der Waals surface area contributed by atoms with Crippen LogP contribution >= 0.6 is 0 Å². The van der Waals surface area contributed by atoms with E-state index in [-0.39, 0.29) is 6.04 Å². The van der Waals surface area contributed by atoms with E-state index < -0.39 is 0 Å². The van der Waals surface area contributed by atoms with Crippen LogP contribution in [0, 0.1) is 25.2 Å². The molecule has 1 atom stereocenters. The molecule has 4 nitrogen and oxygen atoms in total. The summed E-state index contributed by atoms with van der Waals surface area (Å²) in [5.74, 6) is 0.799. The van der Waals surface area contributed by atoms with E-state index in [1.165, 1.54) is 0 Å². The number of anilines is 1. The van der Waals surface area contributed by atoms with Gasteiger partial charge in [-0.2, -0.15) is 5.26 Å². The molecule has 1 aromatic rings. The molecule has 0 radical (unpaired) electrons. The minimum absolute atomic E-state index is 0.203. The van der Waals surface area contributed by atoms with Crippen LogP contribution in [0.25, 0.3) is 0 Å². The molecule has 0 amide bonds. The summed E-state index contributed by atoms with van der Waals surface area (Å²) in [6.07, 6.45) is 0.972. The van der Waals surface area contributed by atoms with Gasteiger partial charge in [0.25, 0.3) is 0 Å². The second kappa shape index (κ2) is 4.11. The maximum absolute atomic E-state index is 9.17. The summed E-state index contributed by atoms with van der Waals surface area (Å²) < 4.78 is 0. The standard InChI is InChI=1S/C12H16N4/c1-8-5-9(2)15-12(11(8)6-13)16-4-3-10(14)7-16/h5,10H,3-4,7,14H2,1-2H3. The summed E-state index contributed by atoms with van der Waals surface area (Å²) in [4.78, 5) is 6.58. The highest BCUT2D eigenvalue weighted by Crippen LogP contribution is 2.24. The lowest BCUT2D eigenvalue weighted by Gasteiger charge is -2.19. The third kappa shape index (κ3) is 1.86. The molecule has 2 N–H and O–H groups in total. The number of hydrogen-bond donors (Lipinski definition) is 1. The first-order valence-corrected chi connectivity index (χ1v) is 5.50. The second-order valence-corrected chi connectivity index (χ2v) is 4.39. The van der Waals surface area contributed by atoms with Crippen LogP contribution in [0.15, 0.2) is 6.07 Å². The zero-order chi connectivity index (χ0) is 11.7. The van der Waals surface area contributed by atoms with E-state index in [9.17, 15) is 0 Å². The lowest BCUT2D eigenvalue weighted by atomic mass is 10.1. The van der Waals surface area contributed by atoms with Gasteiger partial charge >= 0.3 is 0 Å². The van der Waals surface area contributed by atoms with E-state index in [2.05, 4.69) is 16.0 Å². The summed E-state index contributed by atoms with van der Waals surface area (Å²) in [6, 6.07) is 4.38. The second-order valence-electron chi connectivity index (χ2n) is 4.39. The molecule has 0 aliphatic carbocycles. The molecule has 1 unspecified atom stereocenters. The number of pyridine rings is 1. The Kier molecular flexibility index (Phi) is 2.80. The summed E-state index contributed by atoms with van der Waals surface area (Å²) in [6.45, 7) is 5.59. The van der Waals surface area contributed by atoms with Gasteiger partial charge in [0, 0.05) is 24.8 Å². The molecular weight excluding hydrogens is 200 g/mol. The minimum Gasteiger partial charge on any atom is -0.354 e. The van der Waals surface area contributed by atoms with Crippen molar-refractivity contribution in [2.75, 3.05) is 18.0 Å². The molecule has 1 aromatic heterocycles. The largest absolute Gasteiger partial charge is 0.354 e. The van der Waals surface area contributed by atoms with E-state index in [1.54, 1.807) is 0 Å². The third-order valence-corrected chi connectivity index (χ3v) is 2.96. The highest BCUT2D eigenvalue weighted by atomic mass is 15.2. The zero-order valence-corrected chi connectivity index (χ0v) is 9.70. The Balaban J connectivity index is 2.43. The van der Waals surface area contributed by atoms with Crippen molar-refractivity contribution in [3.63, 3.8) is 0 Å². The molecule has 2 heterocycles. The zero-order valence-electron chi connectivity index (χ0n) is 9.70. The lowest BCUT2D eigenvalue weighted by Crippen LogP contribution is -2.27. The van der Waals surface area contributed by atoms with Gasteiger partial charge in [-0.05, 0) is 31.9 Å². The molecule has 1 aliphatic rings. The van der Waals surface area contributed by atoms with Gasteiger partial charge in [0.05, 0.1) is 5.56 Å². The smallest absolute Gasteiger partial charge is 0.147 e. The number of rotatable bonds is 1. The first kappa shape index (κ1) is 10.9. The van der Waals surface area contributed by atoms with E-state index in [1.807, 2.05) is 19.9 Å². The number of nitrogens with two attached hydrogens (primary N) is 1. The molecule has 1 aliphatic heterocycles. The average Bonchev–Trinajstić information content (AvgIpc) is 2.63. The van der Waals surface area contributed by atoms with Crippen molar-refractivity contribution in [1.29, 1.82) is 5.26 Å². The first-order valence-electron chi connectivity index (χ1n) is 5.50. The number of nitriles is 1. The molecule has 84 valence electrons. The van der Waals surface area contributed by atoms with Crippen molar-refractivity contribution in [2.24, 2.45) is 5.73 Å². The molecule has 16 heavy (non-hydrogen) atoms. The fourth-order valence-corrected chi connectivity index (χ4v) is 2.16. The van der Waals surface area contributed by atoms with Crippen LogP contribution in [0.1, 0.15) is 23.2 Å². The van der Waals surface area contributed by atoms with Gasteiger partial charge in [-0.25, -0.2) is 4.98 Å². The number of nitrogens with zero attached hydrogens (tertiary/aromatic N) is 3. The van der Waals surface area contributed by atoms with Crippen LogP contribution in [0.3, 0.4) is 0 Å². The molecular formula is C12H16N4. The molecule has 1 fully saturated rings. The average molecular weight is 216 g/mol. The van der Waals surface area contributed by atoms with Crippen LogP contribution in [-0.4, -0.2) is 24.1 Å². The minimum atomic E-state index is 0.203. The van der Waals surface area contributed by atoms with E-state index >= 15 is 0 Å². The van der Waals surface area contributed by atoms with E-state index in [4.69, 9.17) is 11.0 Å². The predicted molar refractivity (Wildman–Crippen MR) is 63.2 cm³/mol. The fraction of sp³-hybridized carbons (Fsp3) is 0.500. The third-order valence-electron chi connectivity index (χ3n) is 2.96. The summed E-state index contributed by atoms with van der Waals surface area (Å²) in [7, 11) is 0. The van der Waals surface area contributed by atoms with Gasteiger partial charge in [0.2, 0.25) is 0 Å². The number of hydrogen-bond acceptors (Lipinski definition) is 4. The van der Waals surface area contributed by atoms with Crippen molar-refractivity contribution in [2.45, 2.75) is 26.3 Å². The van der Waals surface area contributed by atoms with Crippen molar-refractivity contribution in [3.8, 4) is 6.07 Å². The summed E-state index contributed by atoms with van der Waals surface area (Å²) >= 11 is 0. The Morgan fingerprint density at radius 3 is 2.88 bits per heavy atom. The van der Waals surface area contributed by atoms with Gasteiger partial charge in [-0.15, -0.1) is 0 Å². The molecule has 2 rings (SSSR count). The van der Waals surface area contributed by atoms with Crippen LogP contribution in [0.2, 0.25) is 0 Å². The monoisotopic (exact) mass is 216 g/mol. The quantitative estimate of drug-likeness (QED) is 0.763. The molecule has 0 saturated carbocycles. The maximum atomic E-state index is 9.17. The molecule has 1 saturated heterocycles. The Bertz CT molecular complexity index is 447. The van der Waals surface area contributed by atoms with Gasteiger partial charge in [-0.3, -0.25) is 0 Å². The van der Waals surface area contributed by atoms with Crippen molar-refractivity contribution < 1.29 is 0 Å². The van der Waals surface area contributed by atoms with Crippen LogP contribution in [0.4, 0.5) is 5.82 Å². The van der Waals surface area contributed by atoms with E-state index in [0.717, 1.165) is 36.6 Å². The molecule has 4 heteroatoms. The lowest BCUT2D eigenvalue weighted by molar-refractivity contribution is 0.751. The van der Waals surface area contributed by atoms with Crippen molar-refractivity contribution in [1.82, 2.24) is 4.98 Å². The van der Waals surface area contributed by atoms with E-state index in [0.29, 0.717) is 5.56 Å². The topological polar surface area (TPSA) is 65.9 Å². The Morgan fingerprint density at radius 2 is 2.31 bits per heavy atom. The van der Waals surface area contributed by atoms with Crippen molar-refractivity contribution >= 4 is 5.82 Å². The Morgan fingerprint density at radius 1 is 1.56 bits per heavy atom. The van der Waals surface area contributed by atoms with Gasteiger partial charge in [0.15, 0.2) is 0 Å². The molecule has 0 aromatic carbocycles. The molecule has 0 bridgehead atoms. The molecule has 0 spiro atoms. The predicted octanol–water partition coefficient (Wildman–Crippen LogP) is 1.11. The van der Waals surface area contributed by atoms with Crippen molar-refractivity contribution in [3.05, 3.63) is 22.9 Å².